The van der Waals surface area contributed by atoms with Crippen molar-refractivity contribution in [2.45, 2.75) is 6.92 Å². The Morgan fingerprint density at radius 1 is 1.16 bits per heavy atom. The van der Waals surface area contributed by atoms with Crippen molar-refractivity contribution in [3.8, 4) is 10.7 Å². The molecule has 0 atom stereocenters. The number of hydrogen-bond acceptors (Lipinski definition) is 6. The minimum Gasteiger partial charge on any atom is -0.346 e. The van der Waals surface area contributed by atoms with E-state index >= 15 is 0 Å². The summed E-state index contributed by atoms with van der Waals surface area (Å²) in [4.78, 5) is 14.7. The summed E-state index contributed by atoms with van der Waals surface area (Å²) in [5.74, 6) is 0.778. The summed E-state index contributed by atoms with van der Waals surface area (Å²) < 4.78 is 0.476. The summed E-state index contributed by atoms with van der Waals surface area (Å²) in [5.41, 5.74) is 0.997. The number of likely N-dealkylation sites (N-methyl/N-ethyl adjacent to an activating group) is 1. The van der Waals surface area contributed by atoms with E-state index in [1.165, 1.54) is 0 Å². The van der Waals surface area contributed by atoms with Gasteiger partial charge in [-0.15, -0.1) is 0 Å². The standard InChI is InChI=1S/C11H16N6S2/c1-7-8(9-13-10(18)15-14-9)19-11(12-7)17-5-3-16(2)4-6-17/h3-6H2,1-2H3,(H2,13,14,15,18). The first-order valence-electron chi connectivity index (χ1n) is 6.19. The molecule has 3 heterocycles. The van der Waals surface area contributed by atoms with E-state index in [2.05, 4.69) is 37.0 Å². The average molecular weight is 296 g/mol. The highest BCUT2D eigenvalue weighted by Crippen LogP contribution is 2.32. The van der Waals surface area contributed by atoms with Crippen LogP contribution in [-0.2, 0) is 0 Å². The number of H-pyrrole nitrogens is 2. The molecule has 0 unspecified atom stereocenters. The molecular formula is C11H16N6S2. The number of aryl methyl sites for hydroxylation is 1. The fourth-order valence-electron chi connectivity index (χ4n) is 2.11. The lowest BCUT2D eigenvalue weighted by Gasteiger charge is -2.32. The maximum atomic E-state index is 4.99. The molecule has 0 aliphatic carbocycles. The number of rotatable bonds is 2. The van der Waals surface area contributed by atoms with Crippen molar-refractivity contribution >= 4 is 28.7 Å². The third-order valence-corrected chi connectivity index (χ3v) is 4.69. The Hall–Kier alpha value is -1.25. The van der Waals surface area contributed by atoms with Crippen molar-refractivity contribution in [2.75, 3.05) is 38.1 Å². The van der Waals surface area contributed by atoms with Crippen molar-refractivity contribution in [2.24, 2.45) is 0 Å². The smallest absolute Gasteiger partial charge is 0.213 e. The van der Waals surface area contributed by atoms with Crippen LogP contribution in [0.4, 0.5) is 5.13 Å². The largest absolute Gasteiger partial charge is 0.346 e. The van der Waals surface area contributed by atoms with Crippen molar-refractivity contribution in [1.29, 1.82) is 0 Å². The summed E-state index contributed by atoms with van der Waals surface area (Å²) in [6.07, 6.45) is 0. The zero-order chi connectivity index (χ0) is 13.4. The average Bonchev–Trinajstić information content (AvgIpc) is 2.96. The van der Waals surface area contributed by atoms with Crippen molar-refractivity contribution in [3.05, 3.63) is 10.5 Å². The van der Waals surface area contributed by atoms with Gasteiger partial charge in [-0.05, 0) is 26.2 Å². The van der Waals surface area contributed by atoms with Crippen LogP contribution in [0.2, 0.25) is 0 Å². The first-order valence-corrected chi connectivity index (χ1v) is 7.42. The lowest BCUT2D eigenvalue weighted by atomic mass is 10.3. The highest BCUT2D eigenvalue weighted by Gasteiger charge is 2.20. The molecule has 0 bridgehead atoms. The fourth-order valence-corrected chi connectivity index (χ4v) is 3.32. The van der Waals surface area contributed by atoms with Crippen LogP contribution in [0.25, 0.3) is 10.7 Å². The second-order valence-electron chi connectivity index (χ2n) is 4.72. The Morgan fingerprint density at radius 3 is 2.53 bits per heavy atom. The van der Waals surface area contributed by atoms with E-state index in [4.69, 9.17) is 12.2 Å². The van der Waals surface area contributed by atoms with Crippen LogP contribution in [0.1, 0.15) is 5.69 Å². The lowest BCUT2D eigenvalue weighted by Crippen LogP contribution is -2.44. The van der Waals surface area contributed by atoms with Crippen LogP contribution in [0.3, 0.4) is 0 Å². The summed E-state index contributed by atoms with van der Waals surface area (Å²) >= 11 is 6.66. The molecule has 1 aliphatic heterocycles. The molecule has 0 spiro atoms. The molecule has 2 aromatic heterocycles. The highest BCUT2D eigenvalue weighted by molar-refractivity contribution is 7.71. The SMILES string of the molecule is Cc1nc(N2CCN(C)CC2)sc1-c1nc(=S)[nH][nH]1. The molecule has 3 rings (SSSR count). The van der Waals surface area contributed by atoms with Gasteiger partial charge in [0.25, 0.3) is 0 Å². The highest BCUT2D eigenvalue weighted by atomic mass is 32.1. The third-order valence-electron chi connectivity index (χ3n) is 3.28. The molecule has 1 aliphatic rings. The second-order valence-corrected chi connectivity index (χ2v) is 6.08. The molecule has 2 aromatic rings. The predicted octanol–water partition coefficient (Wildman–Crippen LogP) is 1.65. The van der Waals surface area contributed by atoms with Crippen LogP contribution in [0.15, 0.2) is 0 Å². The second kappa shape index (κ2) is 5.03. The number of anilines is 1. The first-order chi connectivity index (χ1) is 9.13. The van der Waals surface area contributed by atoms with Gasteiger partial charge in [-0.1, -0.05) is 11.3 Å². The van der Waals surface area contributed by atoms with Gasteiger partial charge >= 0.3 is 0 Å². The van der Waals surface area contributed by atoms with E-state index < -0.39 is 0 Å². The number of nitrogens with one attached hydrogen (secondary N) is 2. The molecule has 8 heteroatoms. The molecule has 2 N–H and O–H groups in total. The van der Waals surface area contributed by atoms with E-state index in [0.717, 1.165) is 47.7 Å². The number of aromatic nitrogens is 4. The Kier molecular flexibility index (Phi) is 3.38. The molecule has 6 nitrogen and oxygen atoms in total. The Bertz CT molecular complexity index is 619. The van der Waals surface area contributed by atoms with E-state index in [-0.39, 0.29) is 0 Å². The fraction of sp³-hybridized carbons (Fsp3) is 0.545. The van der Waals surface area contributed by atoms with E-state index in [0.29, 0.717) is 4.77 Å². The normalized spacial score (nSPS) is 17.1. The van der Waals surface area contributed by atoms with Crippen LogP contribution < -0.4 is 4.90 Å². The van der Waals surface area contributed by atoms with Gasteiger partial charge in [0.05, 0.1) is 10.6 Å². The molecular weight excluding hydrogens is 280 g/mol. The number of piperazine rings is 1. The van der Waals surface area contributed by atoms with Gasteiger partial charge in [-0.25, -0.2) is 4.98 Å². The van der Waals surface area contributed by atoms with Gasteiger partial charge in [0, 0.05) is 26.2 Å². The van der Waals surface area contributed by atoms with E-state index in [9.17, 15) is 0 Å². The zero-order valence-electron chi connectivity index (χ0n) is 10.9. The van der Waals surface area contributed by atoms with Gasteiger partial charge in [-0.3, -0.25) is 10.2 Å². The Balaban J connectivity index is 1.87. The minimum atomic E-state index is 0.476. The number of nitrogens with zero attached hydrogens (tertiary/aromatic N) is 4. The van der Waals surface area contributed by atoms with Gasteiger partial charge in [0.1, 0.15) is 0 Å². The summed E-state index contributed by atoms with van der Waals surface area (Å²) in [5, 5.41) is 6.89. The molecule has 19 heavy (non-hydrogen) atoms. The number of hydrogen-bond donors (Lipinski definition) is 2. The van der Waals surface area contributed by atoms with Gasteiger partial charge < -0.3 is 9.80 Å². The van der Waals surface area contributed by atoms with Crippen molar-refractivity contribution in [3.63, 3.8) is 0 Å². The molecule has 0 aromatic carbocycles. The van der Waals surface area contributed by atoms with Gasteiger partial charge in [-0.2, -0.15) is 4.98 Å². The molecule has 102 valence electrons. The van der Waals surface area contributed by atoms with Crippen molar-refractivity contribution in [1.82, 2.24) is 25.1 Å². The van der Waals surface area contributed by atoms with Crippen LogP contribution in [0.5, 0.6) is 0 Å². The summed E-state index contributed by atoms with van der Waals surface area (Å²) in [6.45, 7) is 6.23. The predicted molar refractivity (Wildman–Crippen MR) is 79.3 cm³/mol. The molecule has 1 fully saturated rings. The van der Waals surface area contributed by atoms with Gasteiger partial charge in [0.2, 0.25) is 4.77 Å². The van der Waals surface area contributed by atoms with Gasteiger partial charge in [0.15, 0.2) is 11.0 Å². The Labute approximate surface area is 120 Å². The maximum Gasteiger partial charge on any atom is 0.213 e. The lowest BCUT2D eigenvalue weighted by molar-refractivity contribution is 0.312. The molecule has 0 radical (unpaired) electrons. The molecule has 1 saturated heterocycles. The first kappa shape index (κ1) is 12.8. The van der Waals surface area contributed by atoms with Crippen LogP contribution in [0, 0.1) is 11.7 Å². The van der Waals surface area contributed by atoms with Crippen LogP contribution >= 0.6 is 23.6 Å². The maximum absolute atomic E-state index is 4.99. The van der Waals surface area contributed by atoms with E-state index in [1.807, 2.05) is 6.92 Å². The van der Waals surface area contributed by atoms with Crippen molar-refractivity contribution < 1.29 is 0 Å². The zero-order valence-corrected chi connectivity index (χ0v) is 12.6. The quantitative estimate of drug-likeness (QED) is 0.825. The molecule has 0 amide bonds. The summed E-state index contributed by atoms with van der Waals surface area (Å²) in [7, 11) is 2.15. The third kappa shape index (κ3) is 2.56. The Morgan fingerprint density at radius 2 is 1.89 bits per heavy atom. The monoisotopic (exact) mass is 296 g/mol. The van der Waals surface area contributed by atoms with E-state index in [1.54, 1.807) is 11.3 Å². The number of aromatic amines is 2. The molecule has 0 saturated carbocycles. The minimum absolute atomic E-state index is 0.476. The number of thiazole rings is 1. The topological polar surface area (TPSA) is 63.8 Å². The summed E-state index contributed by atoms with van der Waals surface area (Å²) in [6, 6.07) is 0. The van der Waals surface area contributed by atoms with Crippen LogP contribution in [-0.4, -0.2) is 58.3 Å².